The van der Waals surface area contributed by atoms with Gasteiger partial charge in [-0.1, -0.05) is 58.0 Å². The lowest BCUT2D eigenvalue weighted by Gasteiger charge is -2.30. The molecule has 6 nitrogen and oxygen atoms in total. The lowest BCUT2D eigenvalue weighted by atomic mass is 10.1. The maximum Gasteiger partial charge on any atom is 0.242 e. The third-order valence-corrected chi connectivity index (χ3v) is 6.54. The number of fused-ring (bicyclic) bond motifs is 1. The molecule has 0 saturated carbocycles. The van der Waals surface area contributed by atoms with Gasteiger partial charge in [-0.05, 0) is 55.0 Å². The Hall–Kier alpha value is -3.28. The average molecular weight is 492 g/mol. The summed E-state index contributed by atoms with van der Waals surface area (Å²) in [4.78, 5) is 33.7. The van der Waals surface area contributed by atoms with E-state index in [9.17, 15) is 9.59 Å². The van der Waals surface area contributed by atoms with Crippen LogP contribution in [0.2, 0.25) is 0 Å². The number of aromatic nitrogens is 1. The van der Waals surface area contributed by atoms with Crippen LogP contribution in [-0.2, 0) is 22.6 Å². The molecule has 6 heteroatoms. The standard InChI is InChI=1S/C30H41N3O3/c1-6-23(5)30(35)33(19-22(3)4)21-29(34)32(20-24-12-14-26(15-13-24)36-7-2)17-16-25-18-31-28-11-9-8-10-27(25)28/h8-15,18,22-23,31H,6-7,16-17,19-21H2,1-5H3. The summed E-state index contributed by atoms with van der Waals surface area (Å²) in [5.41, 5.74) is 3.32. The lowest BCUT2D eigenvalue weighted by Crippen LogP contribution is -2.46. The SMILES string of the molecule is CCOc1ccc(CN(CCc2c[nH]c3ccccc23)C(=O)CN(CC(C)C)C(=O)C(C)CC)cc1. The van der Waals surface area contributed by atoms with Gasteiger partial charge in [0.1, 0.15) is 5.75 Å². The molecule has 36 heavy (non-hydrogen) atoms. The Bertz CT molecular complexity index is 1120. The number of hydrogen-bond donors (Lipinski definition) is 1. The number of carbonyl (C=O) groups excluding carboxylic acids is 2. The molecule has 0 fully saturated rings. The number of nitrogens with zero attached hydrogens (tertiary/aromatic N) is 2. The second-order valence-corrected chi connectivity index (χ2v) is 9.92. The molecule has 1 unspecified atom stereocenters. The van der Waals surface area contributed by atoms with Crippen molar-refractivity contribution in [1.82, 2.24) is 14.8 Å². The fourth-order valence-electron chi connectivity index (χ4n) is 4.39. The molecule has 0 aliphatic rings. The zero-order valence-corrected chi connectivity index (χ0v) is 22.4. The van der Waals surface area contributed by atoms with Gasteiger partial charge in [0.2, 0.25) is 11.8 Å². The van der Waals surface area contributed by atoms with Gasteiger partial charge >= 0.3 is 0 Å². The largest absolute Gasteiger partial charge is 0.494 e. The zero-order valence-electron chi connectivity index (χ0n) is 22.4. The zero-order chi connectivity index (χ0) is 26.1. The Labute approximate surface area is 215 Å². The number of hydrogen-bond acceptors (Lipinski definition) is 3. The maximum absolute atomic E-state index is 13.6. The Morgan fingerprint density at radius 3 is 2.36 bits per heavy atom. The summed E-state index contributed by atoms with van der Waals surface area (Å²) in [5.74, 6) is 1.04. The summed E-state index contributed by atoms with van der Waals surface area (Å²) in [5, 5.41) is 1.18. The van der Waals surface area contributed by atoms with Gasteiger partial charge < -0.3 is 19.5 Å². The number of H-pyrrole nitrogens is 1. The molecule has 0 saturated heterocycles. The summed E-state index contributed by atoms with van der Waals surface area (Å²) in [6.45, 7) is 12.4. The van der Waals surface area contributed by atoms with Crippen LogP contribution in [0.5, 0.6) is 5.75 Å². The van der Waals surface area contributed by atoms with Crippen LogP contribution in [0.25, 0.3) is 10.9 Å². The van der Waals surface area contributed by atoms with E-state index < -0.39 is 0 Å². The van der Waals surface area contributed by atoms with E-state index in [4.69, 9.17) is 4.74 Å². The molecule has 0 aliphatic carbocycles. The van der Waals surface area contributed by atoms with Crippen LogP contribution in [0.3, 0.4) is 0 Å². The second-order valence-electron chi connectivity index (χ2n) is 9.92. The fraction of sp³-hybridized carbons (Fsp3) is 0.467. The van der Waals surface area contributed by atoms with Gasteiger partial charge in [-0.3, -0.25) is 9.59 Å². The Balaban J connectivity index is 1.80. The number of carbonyl (C=O) groups is 2. The highest BCUT2D eigenvalue weighted by Gasteiger charge is 2.25. The summed E-state index contributed by atoms with van der Waals surface area (Å²) < 4.78 is 5.57. The second kappa shape index (κ2) is 13.1. The van der Waals surface area contributed by atoms with Crippen molar-refractivity contribution in [2.75, 3.05) is 26.2 Å². The Morgan fingerprint density at radius 2 is 1.69 bits per heavy atom. The summed E-state index contributed by atoms with van der Waals surface area (Å²) in [6, 6.07) is 16.1. The molecule has 0 spiro atoms. The van der Waals surface area contributed by atoms with Crippen molar-refractivity contribution in [1.29, 1.82) is 0 Å². The van der Waals surface area contributed by atoms with E-state index in [-0.39, 0.29) is 30.2 Å². The molecule has 1 N–H and O–H groups in total. The summed E-state index contributed by atoms with van der Waals surface area (Å²) in [7, 11) is 0. The molecule has 1 aromatic heterocycles. The average Bonchev–Trinajstić information content (AvgIpc) is 3.29. The van der Waals surface area contributed by atoms with Crippen LogP contribution in [0.4, 0.5) is 0 Å². The molecule has 1 atom stereocenters. The first-order chi connectivity index (χ1) is 17.3. The Morgan fingerprint density at radius 1 is 0.972 bits per heavy atom. The smallest absolute Gasteiger partial charge is 0.242 e. The molecule has 0 bridgehead atoms. The third-order valence-electron chi connectivity index (χ3n) is 6.54. The van der Waals surface area contributed by atoms with E-state index >= 15 is 0 Å². The molecule has 2 amide bonds. The number of benzene rings is 2. The van der Waals surface area contributed by atoms with E-state index in [0.717, 1.165) is 29.7 Å². The monoisotopic (exact) mass is 491 g/mol. The molecule has 0 radical (unpaired) electrons. The molecule has 1 heterocycles. The van der Waals surface area contributed by atoms with Crippen LogP contribution in [-0.4, -0.2) is 52.8 Å². The van der Waals surface area contributed by atoms with Gasteiger partial charge in [-0.25, -0.2) is 0 Å². The van der Waals surface area contributed by atoms with Crippen molar-refractivity contribution < 1.29 is 14.3 Å². The summed E-state index contributed by atoms with van der Waals surface area (Å²) >= 11 is 0. The first kappa shape index (κ1) is 27.3. The highest BCUT2D eigenvalue weighted by molar-refractivity contribution is 5.86. The van der Waals surface area contributed by atoms with Gasteiger partial charge in [-0.15, -0.1) is 0 Å². The van der Waals surface area contributed by atoms with Crippen molar-refractivity contribution in [3.05, 3.63) is 65.9 Å². The minimum absolute atomic E-state index is 0.0268. The van der Waals surface area contributed by atoms with E-state index in [1.165, 1.54) is 10.9 Å². The first-order valence-electron chi connectivity index (χ1n) is 13.2. The fourth-order valence-corrected chi connectivity index (χ4v) is 4.39. The Kier molecular flexibility index (Phi) is 9.97. The van der Waals surface area contributed by atoms with Crippen molar-refractivity contribution in [2.45, 2.75) is 54.0 Å². The van der Waals surface area contributed by atoms with Crippen LogP contribution < -0.4 is 4.74 Å². The predicted octanol–water partition coefficient (Wildman–Crippen LogP) is 5.67. The van der Waals surface area contributed by atoms with Gasteiger partial charge in [0.25, 0.3) is 0 Å². The van der Waals surface area contributed by atoms with Crippen molar-refractivity contribution in [2.24, 2.45) is 11.8 Å². The van der Waals surface area contributed by atoms with Crippen molar-refractivity contribution in [3.8, 4) is 5.75 Å². The minimum Gasteiger partial charge on any atom is -0.494 e. The van der Waals surface area contributed by atoms with Crippen LogP contribution in [0.15, 0.2) is 54.7 Å². The van der Waals surface area contributed by atoms with Crippen LogP contribution >= 0.6 is 0 Å². The number of nitrogens with one attached hydrogen (secondary N) is 1. The number of amides is 2. The third kappa shape index (κ3) is 7.36. The molecule has 194 valence electrons. The maximum atomic E-state index is 13.6. The van der Waals surface area contributed by atoms with Gasteiger partial charge in [-0.2, -0.15) is 0 Å². The molecule has 0 aliphatic heterocycles. The van der Waals surface area contributed by atoms with Crippen LogP contribution in [0, 0.1) is 11.8 Å². The van der Waals surface area contributed by atoms with Crippen LogP contribution in [0.1, 0.15) is 52.2 Å². The number of rotatable bonds is 13. The van der Waals surface area contributed by atoms with E-state index in [1.807, 2.05) is 68.3 Å². The van der Waals surface area contributed by atoms with E-state index in [0.29, 0.717) is 26.2 Å². The highest BCUT2D eigenvalue weighted by Crippen LogP contribution is 2.20. The predicted molar refractivity (Wildman–Crippen MR) is 146 cm³/mol. The number of ether oxygens (including phenoxy) is 1. The van der Waals surface area contributed by atoms with Gasteiger partial charge in [0.05, 0.1) is 13.2 Å². The highest BCUT2D eigenvalue weighted by atomic mass is 16.5. The van der Waals surface area contributed by atoms with Gasteiger partial charge in [0.15, 0.2) is 0 Å². The molecule has 3 aromatic rings. The summed E-state index contributed by atoms with van der Waals surface area (Å²) in [6.07, 6.45) is 3.52. The first-order valence-corrected chi connectivity index (χ1v) is 13.2. The van der Waals surface area contributed by atoms with E-state index in [1.54, 1.807) is 4.90 Å². The topological polar surface area (TPSA) is 65.6 Å². The number of para-hydroxylation sites is 1. The normalized spacial score (nSPS) is 12.1. The molecule has 2 aromatic carbocycles. The van der Waals surface area contributed by atoms with Crippen molar-refractivity contribution in [3.63, 3.8) is 0 Å². The van der Waals surface area contributed by atoms with Crippen molar-refractivity contribution >= 4 is 22.7 Å². The minimum atomic E-state index is -0.0951. The van der Waals surface area contributed by atoms with Gasteiger partial charge in [0, 0.05) is 42.7 Å². The number of aromatic amines is 1. The van der Waals surface area contributed by atoms with E-state index in [2.05, 4.69) is 31.0 Å². The molecular formula is C30H41N3O3. The molecule has 3 rings (SSSR count). The molecular weight excluding hydrogens is 450 g/mol. The quantitative estimate of drug-likeness (QED) is 0.335. The lowest BCUT2D eigenvalue weighted by molar-refractivity contribution is -0.143.